The predicted octanol–water partition coefficient (Wildman–Crippen LogP) is 2.44. The third-order valence-corrected chi connectivity index (χ3v) is 3.09. The van der Waals surface area contributed by atoms with Crippen molar-refractivity contribution in [2.24, 2.45) is 5.10 Å². The van der Waals surface area contributed by atoms with Crippen LogP contribution in [0.5, 0.6) is 5.75 Å². The normalized spacial score (nSPS) is 10.6. The number of non-ortho nitro benzene ring substituents is 1. The number of amides is 1. The van der Waals surface area contributed by atoms with Gasteiger partial charge in [-0.1, -0.05) is 12.1 Å². The number of carbonyl (C=O) groups is 1. The molecule has 0 bridgehead atoms. The molecule has 124 valence electrons. The van der Waals surface area contributed by atoms with E-state index in [1.165, 1.54) is 55.8 Å². The maximum Gasteiger partial charge on any atom is 0.270 e. The molecule has 8 heteroatoms. The van der Waals surface area contributed by atoms with Gasteiger partial charge in [0.1, 0.15) is 11.6 Å². The van der Waals surface area contributed by atoms with Crippen LogP contribution in [-0.4, -0.2) is 24.2 Å². The Kier molecular flexibility index (Phi) is 5.56. The lowest BCUT2D eigenvalue weighted by atomic mass is 10.1. The van der Waals surface area contributed by atoms with Gasteiger partial charge in [0.25, 0.3) is 5.69 Å². The SMILES string of the molecule is COc1ccc([N+](=O)[O-])cc1/C=N/NC(=O)Cc1ccc(F)cc1. The highest BCUT2D eigenvalue weighted by molar-refractivity contribution is 5.86. The topological polar surface area (TPSA) is 93.8 Å². The molecule has 0 fully saturated rings. The van der Waals surface area contributed by atoms with Gasteiger partial charge in [-0.05, 0) is 23.8 Å². The maximum absolute atomic E-state index is 12.8. The van der Waals surface area contributed by atoms with Crippen LogP contribution >= 0.6 is 0 Å². The van der Waals surface area contributed by atoms with E-state index < -0.39 is 10.8 Å². The van der Waals surface area contributed by atoms with Crippen molar-refractivity contribution < 1.29 is 18.8 Å². The number of halogens is 1. The fourth-order valence-corrected chi connectivity index (χ4v) is 1.94. The molecule has 0 aliphatic rings. The molecule has 0 heterocycles. The minimum Gasteiger partial charge on any atom is -0.496 e. The maximum atomic E-state index is 12.8. The van der Waals surface area contributed by atoms with Crippen molar-refractivity contribution >= 4 is 17.8 Å². The zero-order valence-corrected chi connectivity index (χ0v) is 12.7. The average molecular weight is 331 g/mol. The number of rotatable bonds is 6. The third-order valence-electron chi connectivity index (χ3n) is 3.09. The summed E-state index contributed by atoms with van der Waals surface area (Å²) in [6.07, 6.45) is 1.29. The highest BCUT2D eigenvalue weighted by atomic mass is 19.1. The van der Waals surface area contributed by atoms with E-state index in [1.54, 1.807) is 0 Å². The van der Waals surface area contributed by atoms with Crippen LogP contribution in [0.1, 0.15) is 11.1 Å². The van der Waals surface area contributed by atoms with Crippen molar-refractivity contribution in [3.8, 4) is 5.75 Å². The first-order valence-corrected chi connectivity index (χ1v) is 6.88. The molecule has 0 radical (unpaired) electrons. The third kappa shape index (κ3) is 4.60. The Balaban J connectivity index is 2.02. The molecule has 0 aromatic heterocycles. The van der Waals surface area contributed by atoms with Gasteiger partial charge in [-0.3, -0.25) is 14.9 Å². The van der Waals surface area contributed by atoms with Gasteiger partial charge in [-0.25, -0.2) is 9.82 Å². The second-order valence-corrected chi connectivity index (χ2v) is 4.78. The van der Waals surface area contributed by atoms with E-state index >= 15 is 0 Å². The van der Waals surface area contributed by atoms with Crippen molar-refractivity contribution in [3.05, 3.63) is 69.5 Å². The molecule has 24 heavy (non-hydrogen) atoms. The van der Waals surface area contributed by atoms with Gasteiger partial charge >= 0.3 is 0 Å². The first-order valence-electron chi connectivity index (χ1n) is 6.88. The molecule has 0 aliphatic carbocycles. The summed E-state index contributed by atoms with van der Waals surface area (Å²) in [6, 6.07) is 9.57. The zero-order chi connectivity index (χ0) is 17.5. The average Bonchev–Trinajstić information content (AvgIpc) is 2.56. The number of nitrogens with zero attached hydrogens (tertiary/aromatic N) is 2. The number of nitrogens with one attached hydrogen (secondary N) is 1. The Morgan fingerprint density at radius 1 is 1.33 bits per heavy atom. The molecular formula is C16H14FN3O4. The van der Waals surface area contributed by atoms with E-state index in [9.17, 15) is 19.3 Å². The molecule has 0 unspecified atom stereocenters. The van der Waals surface area contributed by atoms with Crippen molar-refractivity contribution in [2.75, 3.05) is 7.11 Å². The van der Waals surface area contributed by atoms with E-state index in [0.717, 1.165) is 0 Å². The molecule has 1 amide bonds. The molecule has 7 nitrogen and oxygen atoms in total. The summed E-state index contributed by atoms with van der Waals surface area (Å²) in [7, 11) is 1.42. The van der Waals surface area contributed by atoms with Crippen molar-refractivity contribution in [2.45, 2.75) is 6.42 Å². The Labute approximate surface area is 136 Å². The van der Waals surface area contributed by atoms with Crippen molar-refractivity contribution in [1.82, 2.24) is 5.43 Å². The Morgan fingerprint density at radius 2 is 2.04 bits per heavy atom. The summed E-state index contributed by atoms with van der Waals surface area (Å²) >= 11 is 0. The molecule has 0 atom stereocenters. The molecule has 0 saturated heterocycles. The van der Waals surface area contributed by atoms with Gasteiger partial charge in [-0.2, -0.15) is 5.10 Å². The van der Waals surface area contributed by atoms with Gasteiger partial charge in [0.05, 0.1) is 24.7 Å². The quantitative estimate of drug-likeness (QED) is 0.500. The molecule has 2 aromatic rings. The van der Waals surface area contributed by atoms with E-state index in [4.69, 9.17) is 4.74 Å². The minimum atomic E-state index is -0.538. The van der Waals surface area contributed by atoms with Crippen molar-refractivity contribution in [3.63, 3.8) is 0 Å². The lowest BCUT2D eigenvalue weighted by Crippen LogP contribution is -2.19. The Bertz CT molecular complexity index is 775. The molecule has 1 N–H and O–H groups in total. The van der Waals surface area contributed by atoms with Crippen LogP contribution < -0.4 is 10.2 Å². The van der Waals surface area contributed by atoms with Gasteiger partial charge in [0.2, 0.25) is 5.91 Å². The second-order valence-electron chi connectivity index (χ2n) is 4.78. The van der Waals surface area contributed by atoms with Crippen LogP contribution in [0.3, 0.4) is 0 Å². The highest BCUT2D eigenvalue weighted by Gasteiger charge is 2.10. The van der Waals surface area contributed by atoms with Crippen LogP contribution in [0.15, 0.2) is 47.6 Å². The first-order chi connectivity index (χ1) is 11.5. The number of benzene rings is 2. The van der Waals surface area contributed by atoms with Crippen LogP contribution in [-0.2, 0) is 11.2 Å². The van der Waals surface area contributed by atoms with Crippen LogP contribution in [0.4, 0.5) is 10.1 Å². The Hall–Kier alpha value is -3.29. The lowest BCUT2D eigenvalue weighted by molar-refractivity contribution is -0.384. The van der Waals surface area contributed by atoms with Gasteiger partial charge in [0.15, 0.2) is 0 Å². The van der Waals surface area contributed by atoms with Gasteiger partial charge in [0, 0.05) is 17.7 Å². The molecule has 0 aliphatic heterocycles. The Morgan fingerprint density at radius 3 is 2.67 bits per heavy atom. The number of hydrogen-bond donors (Lipinski definition) is 1. The number of nitro benzene ring substituents is 1. The molecular weight excluding hydrogens is 317 g/mol. The molecule has 0 spiro atoms. The minimum absolute atomic E-state index is 0.0314. The predicted molar refractivity (Wildman–Crippen MR) is 85.5 cm³/mol. The summed E-state index contributed by atoms with van der Waals surface area (Å²) in [6.45, 7) is 0. The van der Waals surface area contributed by atoms with E-state index in [1.807, 2.05) is 0 Å². The van der Waals surface area contributed by atoms with E-state index in [-0.39, 0.29) is 17.9 Å². The fraction of sp³-hybridized carbons (Fsp3) is 0.125. The smallest absolute Gasteiger partial charge is 0.270 e. The van der Waals surface area contributed by atoms with Crippen LogP contribution in [0.2, 0.25) is 0 Å². The van der Waals surface area contributed by atoms with Crippen LogP contribution in [0, 0.1) is 15.9 Å². The summed E-state index contributed by atoms with van der Waals surface area (Å²) in [4.78, 5) is 22.0. The monoisotopic (exact) mass is 331 g/mol. The number of carbonyl (C=O) groups excluding carboxylic acids is 1. The molecule has 2 aromatic carbocycles. The summed E-state index contributed by atoms with van der Waals surface area (Å²) in [5.41, 5.74) is 3.18. The summed E-state index contributed by atoms with van der Waals surface area (Å²) in [5.74, 6) is -0.394. The molecule has 0 saturated carbocycles. The molecule has 2 rings (SSSR count). The largest absolute Gasteiger partial charge is 0.496 e. The number of hydrogen-bond acceptors (Lipinski definition) is 5. The summed E-state index contributed by atoms with van der Waals surface area (Å²) in [5, 5.41) is 14.5. The zero-order valence-electron chi connectivity index (χ0n) is 12.7. The van der Waals surface area contributed by atoms with Crippen LogP contribution in [0.25, 0.3) is 0 Å². The second kappa shape index (κ2) is 7.82. The van der Waals surface area contributed by atoms with E-state index in [2.05, 4.69) is 10.5 Å². The number of nitro groups is 1. The highest BCUT2D eigenvalue weighted by Crippen LogP contribution is 2.22. The van der Waals surface area contributed by atoms with Gasteiger partial charge in [-0.15, -0.1) is 0 Å². The number of ether oxygens (including phenoxy) is 1. The lowest BCUT2D eigenvalue weighted by Gasteiger charge is -2.04. The standard InChI is InChI=1S/C16H14FN3O4/c1-24-15-7-6-14(20(22)23)9-12(15)10-18-19-16(21)8-11-2-4-13(17)5-3-11/h2-7,9-10H,8H2,1H3,(H,19,21)/b18-10+. The van der Waals surface area contributed by atoms with Gasteiger partial charge < -0.3 is 4.74 Å². The number of hydrazone groups is 1. The first kappa shape index (κ1) is 17.1. The number of methoxy groups -OCH3 is 1. The summed E-state index contributed by atoms with van der Waals surface area (Å²) < 4.78 is 17.9. The fourth-order valence-electron chi connectivity index (χ4n) is 1.94. The van der Waals surface area contributed by atoms with E-state index in [0.29, 0.717) is 16.9 Å². The van der Waals surface area contributed by atoms with Crippen molar-refractivity contribution in [1.29, 1.82) is 0 Å².